The van der Waals surface area contributed by atoms with Gasteiger partial charge in [-0.3, -0.25) is 14.8 Å². The van der Waals surface area contributed by atoms with E-state index in [-0.39, 0.29) is 12.1 Å². The molecule has 9 heteroatoms. The molecule has 4 aliphatic rings. The standard InChI is InChI=1S/C32H31N7O2/c1-38-13-15-39(16-14-38)28-10-8-23(11-12-34-28)35-32(40)29-26-18-21(7-9-27(26)36-31-30(29)37-31)22-17-25(20-33-19-22)41-24-5-3-2-4-6-24/h2-11,17-20,31,36-37H,12-16H2,1H3,(H,35,40). The summed E-state index contributed by atoms with van der Waals surface area (Å²) in [7, 11) is 2.14. The van der Waals surface area contributed by atoms with Crippen LogP contribution in [0.3, 0.4) is 0 Å². The molecule has 3 aromatic rings. The van der Waals surface area contributed by atoms with Crippen LogP contribution in [-0.4, -0.2) is 72.5 Å². The summed E-state index contributed by atoms with van der Waals surface area (Å²) in [6, 6.07) is 17.7. The molecule has 3 N–H and O–H groups in total. The van der Waals surface area contributed by atoms with E-state index in [2.05, 4.69) is 37.8 Å². The van der Waals surface area contributed by atoms with Gasteiger partial charge in [-0.1, -0.05) is 24.3 Å². The molecule has 4 aliphatic heterocycles. The van der Waals surface area contributed by atoms with Crippen molar-refractivity contribution in [3.05, 3.63) is 102 Å². The molecule has 206 valence electrons. The number of para-hydroxylation sites is 1. The fourth-order valence-corrected chi connectivity index (χ4v) is 5.35. The summed E-state index contributed by atoms with van der Waals surface area (Å²) in [6.07, 6.45) is 9.40. The molecular formula is C32H31N7O2. The van der Waals surface area contributed by atoms with Crippen LogP contribution in [0.1, 0.15) is 5.56 Å². The van der Waals surface area contributed by atoms with Crippen molar-refractivity contribution >= 4 is 23.0 Å². The number of aliphatic imine (C=N–C) groups is 1. The van der Waals surface area contributed by atoms with Gasteiger partial charge in [0.05, 0.1) is 24.0 Å². The van der Waals surface area contributed by atoms with Crippen LogP contribution in [-0.2, 0) is 4.79 Å². The van der Waals surface area contributed by atoms with Gasteiger partial charge >= 0.3 is 0 Å². The van der Waals surface area contributed by atoms with Crippen LogP contribution >= 0.6 is 0 Å². The van der Waals surface area contributed by atoms with E-state index in [0.717, 1.165) is 71.5 Å². The lowest BCUT2D eigenvalue weighted by Crippen LogP contribution is -2.46. The predicted molar refractivity (Wildman–Crippen MR) is 160 cm³/mol. The topological polar surface area (TPSA) is 104 Å². The Balaban J connectivity index is 1.10. The highest BCUT2D eigenvalue weighted by Crippen LogP contribution is 2.41. The lowest BCUT2D eigenvalue weighted by molar-refractivity contribution is -0.114. The maximum absolute atomic E-state index is 13.7. The molecule has 0 radical (unpaired) electrons. The van der Waals surface area contributed by atoms with Gasteiger partial charge in [0.1, 0.15) is 23.5 Å². The highest BCUT2D eigenvalue weighted by molar-refractivity contribution is 6.24. The Morgan fingerprint density at radius 3 is 2.66 bits per heavy atom. The first-order chi connectivity index (χ1) is 20.1. The van der Waals surface area contributed by atoms with E-state index in [4.69, 9.17) is 9.73 Å². The molecule has 7 rings (SSSR count). The van der Waals surface area contributed by atoms with Crippen LogP contribution in [0.15, 0.2) is 102 Å². The summed E-state index contributed by atoms with van der Waals surface area (Å²) < 4.78 is 6.00. The molecule has 41 heavy (non-hydrogen) atoms. The minimum Gasteiger partial charge on any atom is -0.456 e. The van der Waals surface area contributed by atoms with Crippen LogP contribution in [0.2, 0.25) is 0 Å². The molecule has 0 spiro atoms. The number of ether oxygens (including phenoxy) is 1. The van der Waals surface area contributed by atoms with Crippen LogP contribution in [0.4, 0.5) is 5.69 Å². The summed E-state index contributed by atoms with van der Waals surface area (Å²) >= 11 is 0. The summed E-state index contributed by atoms with van der Waals surface area (Å²) in [5.41, 5.74) is 5.90. The third-order valence-corrected chi connectivity index (χ3v) is 7.68. The second-order valence-electron chi connectivity index (χ2n) is 10.5. The quantitative estimate of drug-likeness (QED) is 0.419. The van der Waals surface area contributed by atoms with Crippen LogP contribution in [0, 0.1) is 0 Å². The average molecular weight is 546 g/mol. The molecule has 5 heterocycles. The minimum absolute atomic E-state index is 0.0239. The van der Waals surface area contributed by atoms with Crippen molar-refractivity contribution in [3.63, 3.8) is 0 Å². The first-order valence-electron chi connectivity index (χ1n) is 13.9. The van der Waals surface area contributed by atoms with E-state index in [1.165, 1.54) is 0 Å². The van der Waals surface area contributed by atoms with Crippen LogP contribution in [0.5, 0.6) is 11.5 Å². The molecule has 2 aromatic carbocycles. The number of hydrogen-bond acceptors (Lipinski definition) is 8. The number of likely N-dealkylation sites (N-methyl/N-ethyl adjacent to an activating group) is 1. The number of carbonyl (C=O) groups excluding carboxylic acids is 1. The summed E-state index contributed by atoms with van der Waals surface area (Å²) in [6.45, 7) is 4.46. The minimum atomic E-state index is -0.145. The number of pyridine rings is 1. The zero-order valence-electron chi connectivity index (χ0n) is 22.8. The van der Waals surface area contributed by atoms with Crippen molar-refractivity contribution in [2.75, 3.05) is 45.1 Å². The molecule has 2 saturated heterocycles. The second kappa shape index (κ2) is 10.6. The molecule has 1 unspecified atom stereocenters. The van der Waals surface area contributed by atoms with Gasteiger partial charge in [-0.05, 0) is 61.2 Å². The van der Waals surface area contributed by atoms with E-state index in [1.54, 1.807) is 12.4 Å². The Hall–Kier alpha value is -4.89. The fraction of sp³-hybridized carbons (Fsp3) is 0.219. The zero-order valence-corrected chi connectivity index (χ0v) is 22.8. The number of allylic oxidation sites excluding steroid dienone is 1. The van der Waals surface area contributed by atoms with E-state index < -0.39 is 0 Å². The molecule has 1 atom stereocenters. The van der Waals surface area contributed by atoms with Crippen molar-refractivity contribution in [2.24, 2.45) is 4.99 Å². The zero-order chi connectivity index (χ0) is 27.8. The third kappa shape index (κ3) is 5.31. The number of anilines is 1. The smallest absolute Gasteiger partial charge is 0.258 e. The number of hydrogen-bond donors (Lipinski definition) is 3. The van der Waals surface area contributed by atoms with E-state index in [0.29, 0.717) is 17.9 Å². The predicted octanol–water partition coefficient (Wildman–Crippen LogP) is 3.82. The van der Waals surface area contributed by atoms with Crippen molar-refractivity contribution < 1.29 is 9.53 Å². The lowest BCUT2D eigenvalue weighted by Gasteiger charge is -2.33. The maximum atomic E-state index is 13.7. The highest BCUT2D eigenvalue weighted by atomic mass is 16.5. The van der Waals surface area contributed by atoms with Crippen LogP contribution < -0.4 is 20.7 Å². The number of nitrogens with one attached hydrogen (secondary N) is 3. The first-order valence-corrected chi connectivity index (χ1v) is 13.9. The summed E-state index contributed by atoms with van der Waals surface area (Å²) in [4.78, 5) is 27.5. The number of amides is 1. The molecule has 2 fully saturated rings. The van der Waals surface area contributed by atoms with Gasteiger partial charge in [-0.25, -0.2) is 0 Å². The molecule has 0 saturated carbocycles. The first kappa shape index (κ1) is 25.1. The molecular weight excluding hydrogens is 514 g/mol. The summed E-state index contributed by atoms with van der Waals surface area (Å²) in [5.74, 6) is 2.22. The third-order valence-electron chi connectivity index (χ3n) is 7.68. The Morgan fingerprint density at radius 2 is 1.80 bits per heavy atom. The molecule has 0 aliphatic carbocycles. The van der Waals surface area contributed by atoms with Gasteiger partial charge in [-0.2, -0.15) is 0 Å². The lowest BCUT2D eigenvalue weighted by atomic mass is 9.95. The average Bonchev–Trinajstić information content (AvgIpc) is 3.80. The van der Waals surface area contributed by atoms with Crippen molar-refractivity contribution in [2.45, 2.75) is 6.17 Å². The fourth-order valence-electron chi connectivity index (χ4n) is 5.35. The van der Waals surface area contributed by atoms with Gasteiger partial charge in [0, 0.05) is 54.9 Å². The van der Waals surface area contributed by atoms with Gasteiger partial charge in [0.25, 0.3) is 5.91 Å². The number of rotatable bonds is 5. The maximum Gasteiger partial charge on any atom is 0.258 e. The molecule has 1 amide bonds. The SMILES string of the molecule is CN1CCN(C2=NCC=C(NC(=O)C3=C4NC4Nc4ccc(-c5cncc(Oc6ccccc6)c5)cc43)C=C2)CC1. The number of piperazine rings is 1. The Morgan fingerprint density at radius 1 is 0.951 bits per heavy atom. The number of fused-ring (bicyclic) bond motifs is 2. The van der Waals surface area contributed by atoms with Gasteiger partial charge in [-0.15, -0.1) is 0 Å². The van der Waals surface area contributed by atoms with Crippen molar-refractivity contribution in [3.8, 4) is 22.6 Å². The Bertz CT molecular complexity index is 1620. The van der Waals surface area contributed by atoms with Gasteiger partial charge in [0.15, 0.2) is 0 Å². The summed E-state index contributed by atoms with van der Waals surface area (Å²) in [5, 5.41) is 9.90. The molecule has 9 nitrogen and oxygen atoms in total. The van der Waals surface area contributed by atoms with E-state index >= 15 is 0 Å². The van der Waals surface area contributed by atoms with E-state index in [9.17, 15) is 4.79 Å². The number of benzene rings is 2. The number of nitrogens with zero attached hydrogens (tertiary/aromatic N) is 4. The number of carbonyl (C=O) groups is 1. The normalized spacial score (nSPS) is 19.5. The van der Waals surface area contributed by atoms with Gasteiger partial charge in [0.2, 0.25) is 0 Å². The van der Waals surface area contributed by atoms with Crippen molar-refractivity contribution in [1.82, 2.24) is 25.4 Å². The highest BCUT2D eigenvalue weighted by Gasteiger charge is 2.40. The number of amidine groups is 1. The number of aromatic nitrogens is 1. The van der Waals surface area contributed by atoms with E-state index in [1.807, 2.05) is 72.8 Å². The monoisotopic (exact) mass is 545 g/mol. The Labute approximate surface area is 238 Å². The van der Waals surface area contributed by atoms with Crippen molar-refractivity contribution in [1.29, 1.82) is 0 Å². The molecule has 1 aromatic heterocycles. The largest absolute Gasteiger partial charge is 0.456 e. The molecule has 0 bridgehead atoms. The van der Waals surface area contributed by atoms with Gasteiger partial charge < -0.3 is 30.5 Å². The second-order valence-corrected chi connectivity index (χ2v) is 10.5. The van der Waals surface area contributed by atoms with Crippen LogP contribution in [0.25, 0.3) is 16.7 Å². The Kier molecular flexibility index (Phi) is 6.48.